The highest BCUT2D eigenvalue weighted by atomic mass is 32.2. The van der Waals surface area contributed by atoms with E-state index < -0.39 is 0 Å². The maximum absolute atomic E-state index is 10.4. The average molecular weight is 196 g/mol. The van der Waals surface area contributed by atoms with Crippen molar-refractivity contribution in [2.75, 3.05) is 0 Å². The number of carbonyl (C=O) groups is 1. The minimum Gasteiger partial charge on any atom is -0.297 e. The molecule has 12 heavy (non-hydrogen) atoms. The van der Waals surface area contributed by atoms with E-state index in [1.807, 2.05) is 6.07 Å². The van der Waals surface area contributed by atoms with E-state index in [2.05, 4.69) is 13.2 Å². The lowest BCUT2D eigenvalue weighted by atomic mass is 10.4. The van der Waals surface area contributed by atoms with Gasteiger partial charge in [-0.2, -0.15) is 0 Å². The van der Waals surface area contributed by atoms with E-state index >= 15 is 0 Å². The van der Waals surface area contributed by atoms with Gasteiger partial charge in [-0.15, -0.1) is 11.3 Å². The van der Waals surface area contributed by atoms with E-state index in [4.69, 9.17) is 0 Å². The van der Waals surface area contributed by atoms with Crippen molar-refractivity contribution in [1.82, 2.24) is 0 Å². The lowest BCUT2D eigenvalue weighted by molar-refractivity contribution is 0.112. The number of thiophene rings is 1. The summed E-state index contributed by atoms with van der Waals surface area (Å²) in [7, 11) is 0. The molecule has 0 spiro atoms. The predicted octanol–water partition coefficient (Wildman–Crippen LogP) is 3.41. The second-order valence-electron chi connectivity index (χ2n) is 2.03. The largest absolute Gasteiger partial charge is 0.297 e. The summed E-state index contributed by atoms with van der Waals surface area (Å²) in [6.45, 7) is 7.44. The molecule has 0 unspecified atom stereocenters. The molecular formula is C9H8OS2. The van der Waals surface area contributed by atoms with Gasteiger partial charge in [-0.1, -0.05) is 24.9 Å². The molecular weight excluding hydrogens is 188 g/mol. The third-order valence-corrected chi connectivity index (χ3v) is 3.11. The fourth-order valence-corrected chi connectivity index (χ4v) is 2.07. The number of aldehydes is 1. The van der Waals surface area contributed by atoms with Crippen LogP contribution < -0.4 is 0 Å². The van der Waals surface area contributed by atoms with Gasteiger partial charge in [0.15, 0.2) is 6.29 Å². The van der Waals surface area contributed by atoms with Crippen molar-refractivity contribution in [3.8, 4) is 0 Å². The summed E-state index contributed by atoms with van der Waals surface area (Å²) in [4.78, 5) is 13.0. The Labute approximate surface area is 79.8 Å². The average Bonchev–Trinajstić information content (AvgIpc) is 2.52. The zero-order valence-electron chi connectivity index (χ0n) is 6.45. The number of hydrogen-bond donors (Lipinski definition) is 0. The molecule has 0 amide bonds. The number of carbonyl (C=O) groups excluding carboxylic acids is 1. The predicted molar refractivity (Wildman–Crippen MR) is 56.5 cm³/mol. The summed E-state index contributed by atoms with van der Waals surface area (Å²) in [5.41, 5.74) is 0. The molecule has 0 aliphatic heterocycles. The summed E-state index contributed by atoms with van der Waals surface area (Å²) in [6, 6.07) is 3.69. The normalized spacial score (nSPS) is 9.33. The Morgan fingerprint density at radius 1 is 1.58 bits per heavy atom. The highest BCUT2D eigenvalue weighted by Crippen LogP contribution is 2.30. The Bertz CT molecular complexity index is 312. The molecule has 0 aliphatic rings. The maximum Gasteiger partial charge on any atom is 0.160 e. The van der Waals surface area contributed by atoms with Gasteiger partial charge < -0.3 is 0 Å². The Hall–Kier alpha value is -0.800. The molecule has 0 radical (unpaired) electrons. The van der Waals surface area contributed by atoms with Crippen molar-refractivity contribution in [3.63, 3.8) is 0 Å². The quantitative estimate of drug-likeness (QED) is 0.686. The standard InChI is InChI=1S/C9H8OS2/c1-3-11-7(2)9-5-4-8(6-10)12-9/h3-6H,1-2H2. The zero-order valence-corrected chi connectivity index (χ0v) is 8.08. The lowest BCUT2D eigenvalue weighted by Crippen LogP contribution is -1.65. The second kappa shape index (κ2) is 4.28. The first-order valence-corrected chi connectivity index (χ1v) is 4.99. The SMILES string of the molecule is C=CSC(=C)c1ccc(C=O)s1. The monoisotopic (exact) mass is 196 g/mol. The highest BCUT2D eigenvalue weighted by molar-refractivity contribution is 8.11. The first-order valence-electron chi connectivity index (χ1n) is 3.29. The van der Waals surface area contributed by atoms with Crippen LogP contribution in [0.15, 0.2) is 30.7 Å². The molecule has 0 aromatic carbocycles. The number of hydrogen-bond acceptors (Lipinski definition) is 3. The van der Waals surface area contributed by atoms with Crippen LogP contribution in [0.2, 0.25) is 0 Å². The van der Waals surface area contributed by atoms with Crippen LogP contribution >= 0.6 is 23.1 Å². The molecule has 1 aromatic rings. The Morgan fingerprint density at radius 3 is 2.83 bits per heavy atom. The van der Waals surface area contributed by atoms with Gasteiger partial charge in [-0.05, 0) is 17.5 Å². The van der Waals surface area contributed by atoms with E-state index in [-0.39, 0.29) is 0 Å². The van der Waals surface area contributed by atoms with Crippen molar-refractivity contribution < 1.29 is 4.79 Å². The maximum atomic E-state index is 10.4. The highest BCUT2D eigenvalue weighted by Gasteiger charge is 2.01. The summed E-state index contributed by atoms with van der Waals surface area (Å²) >= 11 is 2.92. The van der Waals surface area contributed by atoms with Crippen LogP contribution in [-0.4, -0.2) is 6.29 Å². The van der Waals surface area contributed by atoms with E-state index in [9.17, 15) is 4.79 Å². The summed E-state index contributed by atoms with van der Waals surface area (Å²) in [6.07, 6.45) is 0.847. The third kappa shape index (κ3) is 2.09. The van der Waals surface area contributed by atoms with Crippen LogP contribution in [0.4, 0.5) is 0 Å². The van der Waals surface area contributed by atoms with Gasteiger partial charge in [-0.3, -0.25) is 4.79 Å². The van der Waals surface area contributed by atoms with Crippen molar-refractivity contribution in [2.24, 2.45) is 0 Å². The molecule has 0 fully saturated rings. The molecule has 3 heteroatoms. The number of rotatable bonds is 4. The first-order chi connectivity index (χ1) is 5.77. The summed E-state index contributed by atoms with van der Waals surface area (Å²) in [5.74, 6) is 0. The molecule has 1 nitrogen and oxygen atoms in total. The second-order valence-corrected chi connectivity index (χ2v) is 4.20. The minimum absolute atomic E-state index is 0.732. The van der Waals surface area contributed by atoms with Crippen LogP contribution in [0.5, 0.6) is 0 Å². The molecule has 0 saturated heterocycles. The first kappa shape index (κ1) is 9.29. The minimum atomic E-state index is 0.732. The van der Waals surface area contributed by atoms with Gasteiger partial charge in [0.25, 0.3) is 0 Å². The summed E-state index contributed by atoms with van der Waals surface area (Å²) < 4.78 is 0. The van der Waals surface area contributed by atoms with Crippen LogP contribution in [0.3, 0.4) is 0 Å². The Kier molecular flexibility index (Phi) is 3.31. The van der Waals surface area contributed by atoms with Crippen LogP contribution in [0.1, 0.15) is 14.5 Å². The van der Waals surface area contributed by atoms with Crippen LogP contribution in [0.25, 0.3) is 4.91 Å². The van der Waals surface area contributed by atoms with E-state index in [0.29, 0.717) is 0 Å². The van der Waals surface area contributed by atoms with Crippen molar-refractivity contribution in [1.29, 1.82) is 0 Å². The van der Waals surface area contributed by atoms with Gasteiger partial charge in [0.05, 0.1) is 4.88 Å². The topological polar surface area (TPSA) is 17.1 Å². The lowest BCUT2D eigenvalue weighted by Gasteiger charge is -1.94. The fraction of sp³-hybridized carbons (Fsp3) is 0. The summed E-state index contributed by atoms with van der Waals surface area (Å²) in [5, 5.41) is 1.72. The van der Waals surface area contributed by atoms with E-state index in [0.717, 1.165) is 20.9 Å². The molecule has 62 valence electrons. The van der Waals surface area contributed by atoms with Crippen LogP contribution in [-0.2, 0) is 0 Å². The molecule has 1 aromatic heterocycles. The molecule has 0 bridgehead atoms. The molecule has 1 heterocycles. The molecule has 0 aliphatic carbocycles. The van der Waals surface area contributed by atoms with Crippen LogP contribution in [0, 0.1) is 0 Å². The van der Waals surface area contributed by atoms with E-state index in [1.165, 1.54) is 23.1 Å². The Balaban J connectivity index is 2.81. The molecule has 1 rings (SSSR count). The zero-order chi connectivity index (χ0) is 8.97. The molecule has 0 saturated carbocycles. The number of thioether (sulfide) groups is 1. The van der Waals surface area contributed by atoms with Gasteiger partial charge in [-0.25, -0.2) is 0 Å². The van der Waals surface area contributed by atoms with Crippen molar-refractivity contribution >= 4 is 34.3 Å². The van der Waals surface area contributed by atoms with Gasteiger partial charge in [0.1, 0.15) is 0 Å². The Morgan fingerprint density at radius 2 is 2.33 bits per heavy atom. The van der Waals surface area contributed by atoms with Crippen molar-refractivity contribution in [3.05, 3.63) is 40.5 Å². The fourth-order valence-electron chi connectivity index (χ4n) is 0.725. The van der Waals surface area contributed by atoms with Gasteiger partial charge in [0.2, 0.25) is 0 Å². The molecule has 0 atom stereocenters. The smallest absolute Gasteiger partial charge is 0.160 e. The van der Waals surface area contributed by atoms with Gasteiger partial charge >= 0.3 is 0 Å². The van der Waals surface area contributed by atoms with E-state index in [1.54, 1.807) is 11.5 Å². The van der Waals surface area contributed by atoms with Crippen molar-refractivity contribution in [2.45, 2.75) is 0 Å². The molecule has 0 N–H and O–H groups in total. The van der Waals surface area contributed by atoms with Gasteiger partial charge in [0, 0.05) is 9.78 Å². The third-order valence-electron chi connectivity index (χ3n) is 1.24.